The minimum Gasteiger partial charge on any atom is -0.365 e. The van der Waals surface area contributed by atoms with Crippen LogP contribution in [0.25, 0.3) is 0 Å². The molecule has 1 aromatic carbocycles. The molecule has 0 atom stereocenters. The highest BCUT2D eigenvalue weighted by molar-refractivity contribution is 6.47. The van der Waals surface area contributed by atoms with Gasteiger partial charge in [-0.3, -0.25) is 15.8 Å². The molecule has 142 valence electrons. The summed E-state index contributed by atoms with van der Waals surface area (Å²) < 4.78 is 13.8. The first-order valence-corrected chi connectivity index (χ1v) is 7.76. The van der Waals surface area contributed by atoms with Crippen molar-refractivity contribution in [1.29, 1.82) is 5.41 Å². The summed E-state index contributed by atoms with van der Waals surface area (Å²) in [4.78, 5) is 7.86. The van der Waals surface area contributed by atoms with Gasteiger partial charge in [0.2, 0.25) is 0 Å². The lowest BCUT2D eigenvalue weighted by atomic mass is 10.1. The summed E-state index contributed by atoms with van der Waals surface area (Å²) in [6, 6.07) is 9.41. The first kappa shape index (κ1) is 20.1. The summed E-state index contributed by atoms with van der Waals surface area (Å²) in [6.45, 7) is 2.55. The monoisotopic (exact) mass is 374 g/mol. The van der Waals surface area contributed by atoms with Crippen molar-refractivity contribution in [3.05, 3.63) is 59.5 Å². The first-order valence-electron chi connectivity index (χ1n) is 7.76. The molecule has 6 N–H and O–H groups in total. The van der Waals surface area contributed by atoms with Crippen molar-refractivity contribution in [3.63, 3.8) is 0 Å². The lowest BCUT2D eigenvalue weighted by Crippen LogP contribution is -2.35. The second-order valence-corrected chi connectivity index (χ2v) is 5.43. The van der Waals surface area contributed by atoms with E-state index in [1.165, 1.54) is 12.3 Å². The van der Waals surface area contributed by atoms with E-state index in [9.17, 15) is 4.39 Å². The van der Waals surface area contributed by atoms with E-state index in [4.69, 9.17) is 20.7 Å². The molecule has 0 aliphatic carbocycles. The molecule has 1 heterocycles. The molecular weight excluding hydrogens is 355 g/mol. The molecule has 0 fully saturated rings. The number of pyridine rings is 1. The number of aromatic nitrogens is 1. The fraction of sp³-hybridized carbons (Fsp3) is 0.176. The molecule has 0 spiro atoms. The molecule has 0 amide bonds. The number of nitrogens with zero attached hydrogens (tertiary/aromatic N) is 3. The molecule has 2 rings (SSSR count). The van der Waals surface area contributed by atoms with Gasteiger partial charge >= 0.3 is 0 Å². The summed E-state index contributed by atoms with van der Waals surface area (Å²) in [5.41, 5.74) is 2.87. The summed E-state index contributed by atoms with van der Waals surface area (Å²) in [5, 5.41) is 41.6. The third kappa shape index (κ3) is 5.92. The van der Waals surface area contributed by atoms with Gasteiger partial charge in [0.25, 0.3) is 5.97 Å². The molecule has 0 aliphatic heterocycles. The number of hydrogen-bond donors (Lipinski definition) is 6. The van der Waals surface area contributed by atoms with Gasteiger partial charge in [-0.05, 0) is 18.2 Å². The smallest absolute Gasteiger partial charge is 0.296 e. The van der Waals surface area contributed by atoms with Gasteiger partial charge in [-0.1, -0.05) is 18.2 Å². The standard InChI is InChI=1S/C17H19FN6O3/c1-20-24-16(23-10-17(25,26)27)14(19)12-6-4-8-21-15(12)22-9-11-5-2-3-7-13(11)18/h2-8,19,25-27H,1,9-10H2,(H,21,22)(H,23,24). The molecule has 2 aromatic rings. The van der Waals surface area contributed by atoms with Crippen molar-refractivity contribution < 1.29 is 19.7 Å². The van der Waals surface area contributed by atoms with Crippen LogP contribution in [0.2, 0.25) is 0 Å². The van der Waals surface area contributed by atoms with Gasteiger partial charge in [0.05, 0.1) is 0 Å². The van der Waals surface area contributed by atoms with E-state index in [0.29, 0.717) is 11.1 Å². The second-order valence-electron chi connectivity index (χ2n) is 5.43. The van der Waals surface area contributed by atoms with E-state index in [1.54, 1.807) is 30.3 Å². The van der Waals surface area contributed by atoms with Crippen LogP contribution in [0.15, 0.2) is 52.7 Å². The highest BCUT2D eigenvalue weighted by Gasteiger charge is 2.20. The normalized spacial score (nSPS) is 11.8. The largest absolute Gasteiger partial charge is 0.365 e. The molecule has 0 saturated carbocycles. The van der Waals surface area contributed by atoms with Gasteiger partial charge in [-0.25, -0.2) is 9.37 Å². The number of hydrazone groups is 1. The Labute approximate surface area is 154 Å². The molecule has 0 unspecified atom stereocenters. The maximum atomic E-state index is 13.8. The topological polar surface area (TPSA) is 146 Å². The average molecular weight is 374 g/mol. The van der Waals surface area contributed by atoms with E-state index in [1.807, 2.05) is 0 Å². The molecule has 0 radical (unpaired) electrons. The summed E-state index contributed by atoms with van der Waals surface area (Å²) in [5.74, 6) is -3.29. The Kier molecular flexibility index (Phi) is 6.66. The summed E-state index contributed by atoms with van der Waals surface area (Å²) in [6.07, 6.45) is 1.50. The van der Waals surface area contributed by atoms with Crippen molar-refractivity contribution in [1.82, 2.24) is 10.4 Å². The maximum Gasteiger partial charge on any atom is 0.296 e. The maximum absolute atomic E-state index is 13.8. The Morgan fingerprint density at radius 2 is 1.96 bits per heavy atom. The lowest BCUT2D eigenvalue weighted by Gasteiger charge is -2.15. The van der Waals surface area contributed by atoms with Crippen molar-refractivity contribution in [2.24, 2.45) is 10.1 Å². The number of amidine groups is 1. The fourth-order valence-electron chi connectivity index (χ4n) is 2.13. The quantitative estimate of drug-likeness (QED) is 0.171. The Balaban J connectivity index is 2.25. The van der Waals surface area contributed by atoms with Crippen molar-refractivity contribution in [3.8, 4) is 0 Å². The third-order valence-corrected chi connectivity index (χ3v) is 3.35. The Hall–Kier alpha value is -3.21. The minimum absolute atomic E-state index is 0.136. The second kappa shape index (κ2) is 8.94. The molecule has 27 heavy (non-hydrogen) atoms. The van der Waals surface area contributed by atoms with E-state index >= 15 is 0 Å². The van der Waals surface area contributed by atoms with E-state index in [2.05, 4.69) is 32.5 Å². The Morgan fingerprint density at radius 1 is 1.22 bits per heavy atom. The molecule has 10 heteroatoms. The summed E-state index contributed by atoms with van der Waals surface area (Å²) >= 11 is 0. The van der Waals surface area contributed by atoms with Crippen LogP contribution < -0.4 is 10.7 Å². The number of aliphatic imine (C=N–C) groups is 1. The third-order valence-electron chi connectivity index (χ3n) is 3.35. The number of hydrogen-bond acceptors (Lipinski definition) is 8. The minimum atomic E-state index is -3.03. The van der Waals surface area contributed by atoms with Crippen LogP contribution in [0.3, 0.4) is 0 Å². The number of halogens is 1. The van der Waals surface area contributed by atoms with Crippen LogP contribution in [-0.4, -0.2) is 51.1 Å². The zero-order valence-corrected chi connectivity index (χ0v) is 14.2. The van der Waals surface area contributed by atoms with E-state index < -0.39 is 12.5 Å². The van der Waals surface area contributed by atoms with Gasteiger partial charge in [-0.15, -0.1) is 0 Å². The van der Waals surface area contributed by atoms with Gasteiger partial charge in [-0.2, -0.15) is 5.10 Å². The Bertz CT molecular complexity index is 851. The van der Waals surface area contributed by atoms with Crippen molar-refractivity contribution in [2.45, 2.75) is 12.5 Å². The molecule has 0 bridgehead atoms. The number of aliphatic hydroxyl groups is 3. The molecular formula is C17H19FN6O3. The predicted molar refractivity (Wildman–Crippen MR) is 99.2 cm³/mol. The molecule has 1 aromatic heterocycles. The SMILES string of the molecule is C=NNC(=NCC(O)(O)O)C(=N)c1cccnc1NCc1ccccc1F. The number of anilines is 1. The van der Waals surface area contributed by atoms with Gasteiger partial charge in [0.15, 0.2) is 5.84 Å². The van der Waals surface area contributed by atoms with Crippen molar-refractivity contribution >= 4 is 24.1 Å². The fourth-order valence-corrected chi connectivity index (χ4v) is 2.13. The zero-order chi connectivity index (χ0) is 19.9. The van der Waals surface area contributed by atoms with E-state index in [-0.39, 0.29) is 29.7 Å². The van der Waals surface area contributed by atoms with Crippen LogP contribution in [0.1, 0.15) is 11.1 Å². The highest BCUT2D eigenvalue weighted by atomic mass is 19.1. The van der Waals surface area contributed by atoms with Crippen LogP contribution in [0.4, 0.5) is 10.2 Å². The lowest BCUT2D eigenvalue weighted by molar-refractivity contribution is -0.302. The predicted octanol–water partition coefficient (Wildman–Crippen LogP) is 0.435. The molecule has 9 nitrogen and oxygen atoms in total. The van der Waals surface area contributed by atoms with Crippen molar-refractivity contribution in [2.75, 3.05) is 11.9 Å². The summed E-state index contributed by atoms with van der Waals surface area (Å²) in [7, 11) is 0. The van der Waals surface area contributed by atoms with Gasteiger partial charge in [0, 0.05) is 30.6 Å². The zero-order valence-electron chi connectivity index (χ0n) is 14.2. The number of nitrogens with one attached hydrogen (secondary N) is 3. The first-order chi connectivity index (χ1) is 12.8. The molecule has 0 saturated heterocycles. The van der Waals surface area contributed by atoms with Gasteiger partial charge in [0.1, 0.15) is 23.9 Å². The number of benzene rings is 1. The van der Waals surface area contributed by atoms with Crippen LogP contribution in [-0.2, 0) is 6.54 Å². The highest BCUT2D eigenvalue weighted by Crippen LogP contribution is 2.15. The van der Waals surface area contributed by atoms with Crippen LogP contribution in [0.5, 0.6) is 0 Å². The van der Waals surface area contributed by atoms with Crippen LogP contribution in [0, 0.1) is 11.2 Å². The number of rotatable bonds is 8. The van der Waals surface area contributed by atoms with Gasteiger partial charge < -0.3 is 20.6 Å². The van der Waals surface area contributed by atoms with E-state index in [0.717, 1.165) is 0 Å². The van der Waals surface area contributed by atoms with Crippen LogP contribution >= 0.6 is 0 Å². The molecule has 0 aliphatic rings. The average Bonchev–Trinajstić information content (AvgIpc) is 2.63. The Morgan fingerprint density at radius 3 is 2.63 bits per heavy atom.